The van der Waals surface area contributed by atoms with E-state index >= 15 is 0 Å². The molecule has 5 nitrogen and oxygen atoms in total. The average Bonchev–Trinajstić information content (AvgIpc) is 3.13. The molecule has 0 unspecified atom stereocenters. The van der Waals surface area contributed by atoms with Crippen LogP contribution >= 0.6 is 22.7 Å². The maximum atomic E-state index is 12.1. The van der Waals surface area contributed by atoms with E-state index in [1.165, 1.54) is 16.9 Å². The SMILES string of the molecule is O=C(Nc1nccs1)N1CCN(Cc2ccsc2)CC1. The molecule has 1 fully saturated rings. The van der Waals surface area contributed by atoms with Crippen LogP contribution in [0.5, 0.6) is 0 Å². The molecule has 1 aliphatic heterocycles. The van der Waals surface area contributed by atoms with Crippen LogP contribution in [0.2, 0.25) is 0 Å². The fourth-order valence-corrected chi connectivity index (χ4v) is 3.38. The summed E-state index contributed by atoms with van der Waals surface area (Å²) in [6, 6.07) is 2.11. The Balaban J connectivity index is 1.47. The second kappa shape index (κ2) is 6.34. The van der Waals surface area contributed by atoms with E-state index in [0.717, 1.165) is 32.7 Å². The minimum atomic E-state index is -0.0462. The molecular formula is C13H16N4OS2. The molecule has 7 heteroatoms. The normalized spacial score (nSPS) is 16.3. The number of rotatable bonds is 3. The first-order valence-corrected chi connectivity index (χ1v) is 8.32. The van der Waals surface area contributed by atoms with Gasteiger partial charge in [0.05, 0.1) is 0 Å². The molecule has 0 atom stereocenters. The van der Waals surface area contributed by atoms with Crippen LogP contribution in [0, 0.1) is 0 Å². The number of nitrogens with zero attached hydrogens (tertiary/aromatic N) is 3. The molecule has 106 valence electrons. The number of carbonyl (C=O) groups is 1. The summed E-state index contributed by atoms with van der Waals surface area (Å²) in [6.45, 7) is 4.34. The van der Waals surface area contributed by atoms with Gasteiger partial charge in [0.2, 0.25) is 0 Å². The molecule has 20 heavy (non-hydrogen) atoms. The Morgan fingerprint density at radius 2 is 2.15 bits per heavy atom. The number of aromatic nitrogens is 1. The van der Waals surface area contributed by atoms with E-state index in [9.17, 15) is 4.79 Å². The minimum Gasteiger partial charge on any atom is -0.322 e. The summed E-state index contributed by atoms with van der Waals surface area (Å²) in [5.41, 5.74) is 1.36. The van der Waals surface area contributed by atoms with Gasteiger partial charge in [-0.15, -0.1) is 11.3 Å². The van der Waals surface area contributed by atoms with Crippen molar-refractivity contribution in [1.82, 2.24) is 14.8 Å². The van der Waals surface area contributed by atoms with Gasteiger partial charge in [0.25, 0.3) is 0 Å². The van der Waals surface area contributed by atoms with E-state index < -0.39 is 0 Å². The van der Waals surface area contributed by atoms with Crippen LogP contribution in [-0.4, -0.2) is 47.0 Å². The number of anilines is 1. The van der Waals surface area contributed by atoms with Crippen molar-refractivity contribution in [2.75, 3.05) is 31.5 Å². The smallest absolute Gasteiger partial charge is 0.322 e. The number of hydrogen-bond donors (Lipinski definition) is 1. The third kappa shape index (κ3) is 3.36. The van der Waals surface area contributed by atoms with Gasteiger partial charge in [-0.05, 0) is 22.4 Å². The summed E-state index contributed by atoms with van der Waals surface area (Å²) < 4.78 is 0. The number of thiophene rings is 1. The fraction of sp³-hybridized carbons (Fsp3) is 0.385. The molecule has 3 rings (SSSR count). The fourth-order valence-electron chi connectivity index (χ4n) is 2.21. The lowest BCUT2D eigenvalue weighted by Crippen LogP contribution is -2.49. The van der Waals surface area contributed by atoms with Crippen molar-refractivity contribution in [3.63, 3.8) is 0 Å². The van der Waals surface area contributed by atoms with Gasteiger partial charge in [0.1, 0.15) is 0 Å². The predicted octanol–water partition coefficient (Wildman–Crippen LogP) is 2.55. The summed E-state index contributed by atoms with van der Waals surface area (Å²) in [5, 5.41) is 9.63. The number of carbonyl (C=O) groups excluding carboxylic acids is 1. The van der Waals surface area contributed by atoms with Gasteiger partial charge in [0.15, 0.2) is 5.13 Å². The van der Waals surface area contributed by atoms with Crippen molar-refractivity contribution >= 4 is 33.8 Å². The van der Waals surface area contributed by atoms with Crippen LogP contribution in [0.4, 0.5) is 9.93 Å². The molecule has 0 aliphatic carbocycles. The van der Waals surface area contributed by atoms with Crippen LogP contribution in [0.25, 0.3) is 0 Å². The van der Waals surface area contributed by atoms with E-state index in [0.29, 0.717) is 5.13 Å². The molecule has 1 N–H and O–H groups in total. The number of nitrogens with one attached hydrogen (secondary N) is 1. The summed E-state index contributed by atoms with van der Waals surface area (Å²) in [6.07, 6.45) is 1.69. The predicted molar refractivity (Wildman–Crippen MR) is 82.3 cm³/mol. The van der Waals surface area contributed by atoms with Crippen LogP contribution in [0.15, 0.2) is 28.4 Å². The molecule has 2 aromatic rings. The Kier molecular flexibility index (Phi) is 4.29. The van der Waals surface area contributed by atoms with E-state index in [1.54, 1.807) is 17.5 Å². The molecule has 1 saturated heterocycles. The van der Waals surface area contributed by atoms with Gasteiger partial charge in [-0.25, -0.2) is 9.78 Å². The highest BCUT2D eigenvalue weighted by molar-refractivity contribution is 7.13. The Labute approximate surface area is 125 Å². The molecule has 2 amide bonds. The van der Waals surface area contributed by atoms with Crippen LogP contribution in [-0.2, 0) is 6.54 Å². The van der Waals surface area contributed by atoms with Crippen molar-refractivity contribution < 1.29 is 4.79 Å². The first kappa shape index (κ1) is 13.5. The summed E-state index contributed by atoms with van der Waals surface area (Å²) >= 11 is 3.17. The van der Waals surface area contributed by atoms with E-state index in [2.05, 4.69) is 32.0 Å². The van der Waals surface area contributed by atoms with Crippen molar-refractivity contribution in [2.45, 2.75) is 6.54 Å². The minimum absolute atomic E-state index is 0.0462. The standard InChI is InChI=1S/C13H16N4OS2/c18-13(15-12-14-2-8-20-12)17-5-3-16(4-6-17)9-11-1-7-19-10-11/h1-2,7-8,10H,3-6,9H2,(H,14,15,18). The molecule has 0 radical (unpaired) electrons. The zero-order chi connectivity index (χ0) is 13.8. The number of piperazine rings is 1. The topological polar surface area (TPSA) is 48.5 Å². The van der Waals surface area contributed by atoms with Crippen molar-refractivity contribution in [2.24, 2.45) is 0 Å². The zero-order valence-electron chi connectivity index (χ0n) is 11.0. The van der Waals surface area contributed by atoms with Gasteiger partial charge >= 0.3 is 6.03 Å². The highest BCUT2D eigenvalue weighted by Gasteiger charge is 2.21. The number of amides is 2. The van der Waals surface area contributed by atoms with E-state index in [1.807, 2.05) is 10.3 Å². The maximum absolute atomic E-state index is 12.1. The van der Waals surface area contributed by atoms with Gasteiger partial charge in [-0.1, -0.05) is 0 Å². The average molecular weight is 308 g/mol. The second-order valence-electron chi connectivity index (χ2n) is 4.66. The lowest BCUT2D eigenvalue weighted by atomic mass is 10.2. The number of urea groups is 1. The summed E-state index contributed by atoms with van der Waals surface area (Å²) in [7, 11) is 0. The lowest BCUT2D eigenvalue weighted by Gasteiger charge is -2.34. The molecule has 1 aliphatic rings. The van der Waals surface area contributed by atoms with E-state index in [4.69, 9.17) is 0 Å². The maximum Gasteiger partial charge on any atom is 0.323 e. The van der Waals surface area contributed by atoms with Gasteiger partial charge in [-0.3, -0.25) is 10.2 Å². The van der Waals surface area contributed by atoms with Crippen molar-refractivity contribution in [3.05, 3.63) is 34.0 Å². The van der Waals surface area contributed by atoms with Gasteiger partial charge in [-0.2, -0.15) is 11.3 Å². The Morgan fingerprint density at radius 3 is 2.80 bits per heavy atom. The monoisotopic (exact) mass is 308 g/mol. The number of thiazole rings is 1. The molecule has 0 aromatic carbocycles. The Morgan fingerprint density at radius 1 is 1.30 bits per heavy atom. The molecular weight excluding hydrogens is 292 g/mol. The molecule has 3 heterocycles. The van der Waals surface area contributed by atoms with Gasteiger partial charge in [0, 0.05) is 44.3 Å². The van der Waals surface area contributed by atoms with Crippen LogP contribution in [0.1, 0.15) is 5.56 Å². The lowest BCUT2D eigenvalue weighted by molar-refractivity contribution is 0.143. The molecule has 2 aromatic heterocycles. The third-order valence-electron chi connectivity index (χ3n) is 3.29. The summed E-state index contributed by atoms with van der Waals surface area (Å²) in [5.74, 6) is 0. The second-order valence-corrected chi connectivity index (χ2v) is 6.34. The van der Waals surface area contributed by atoms with Crippen molar-refractivity contribution in [1.29, 1.82) is 0 Å². The first-order chi connectivity index (χ1) is 9.81. The quantitative estimate of drug-likeness (QED) is 0.948. The van der Waals surface area contributed by atoms with E-state index in [-0.39, 0.29) is 6.03 Å². The van der Waals surface area contributed by atoms with Crippen LogP contribution in [0.3, 0.4) is 0 Å². The third-order valence-corrected chi connectivity index (χ3v) is 4.71. The molecule has 0 saturated carbocycles. The van der Waals surface area contributed by atoms with Gasteiger partial charge < -0.3 is 4.90 Å². The highest BCUT2D eigenvalue weighted by Crippen LogP contribution is 2.14. The number of hydrogen-bond acceptors (Lipinski definition) is 5. The zero-order valence-corrected chi connectivity index (χ0v) is 12.6. The van der Waals surface area contributed by atoms with Crippen LogP contribution < -0.4 is 5.32 Å². The Bertz CT molecular complexity index is 533. The van der Waals surface area contributed by atoms with Crippen molar-refractivity contribution in [3.8, 4) is 0 Å². The Hall–Kier alpha value is -1.44. The largest absolute Gasteiger partial charge is 0.323 e. The highest BCUT2D eigenvalue weighted by atomic mass is 32.1. The summed E-state index contributed by atoms with van der Waals surface area (Å²) in [4.78, 5) is 20.4. The molecule has 0 bridgehead atoms. The first-order valence-electron chi connectivity index (χ1n) is 6.50. The molecule has 0 spiro atoms.